The molecule has 0 bridgehead atoms. The molecule has 1 amide bonds. The first-order chi connectivity index (χ1) is 11.8. The highest BCUT2D eigenvalue weighted by Crippen LogP contribution is 2.37. The summed E-state index contributed by atoms with van der Waals surface area (Å²) in [5.74, 6) is -0.123. The summed E-state index contributed by atoms with van der Waals surface area (Å²) in [7, 11) is 0. The first-order valence-corrected chi connectivity index (χ1v) is 7.89. The van der Waals surface area contributed by atoms with Gasteiger partial charge in [0.2, 0.25) is 5.91 Å². The predicted octanol–water partition coefficient (Wildman–Crippen LogP) is 3.77. The summed E-state index contributed by atoms with van der Waals surface area (Å²) in [6.07, 6.45) is -4.35. The minimum Gasteiger partial charge on any atom is -0.377 e. The minimum atomic E-state index is -4.35. The fourth-order valence-electron chi connectivity index (χ4n) is 2.87. The molecule has 1 aliphatic rings. The van der Waals surface area contributed by atoms with Crippen LogP contribution in [0.3, 0.4) is 0 Å². The number of carbonyl (C=O) groups excluding carboxylic acids is 1. The summed E-state index contributed by atoms with van der Waals surface area (Å²) >= 11 is 0. The van der Waals surface area contributed by atoms with Crippen molar-refractivity contribution in [3.05, 3.63) is 54.1 Å². The van der Waals surface area contributed by atoms with Gasteiger partial charge in [0.1, 0.15) is 0 Å². The standard InChI is InChI=1S/C18H18F3N3O/c1-12(25)22-10-14-11-24(17-5-3-2-4-16(17)23-14)15-8-6-13(7-9-15)18(19,20)21/h2-9,14,23H,10-11H2,1H3,(H,22,25)/t14-/m0/s1. The van der Waals surface area contributed by atoms with Crippen LogP contribution in [0, 0.1) is 0 Å². The number of para-hydroxylation sites is 2. The Labute approximate surface area is 143 Å². The quantitative estimate of drug-likeness (QED) is 0.887. The van der Waals surface area contributed by atoms with Crippen molar-refractivity contribution in [3.8, 4) is 0 Å². The highest BCUT2D eigenvalue weighted by molar-refractivity contribution is 5.79. The van der Waals surface area contributed by atoms with Crippen LogP contribution in [0.15, 0.2) is 48.5 Å². The Hall–Kier alpha value is -2.70. The average molecular weight is 349 g/mol. The number of rotatable bonds is 3. The minimum absolute atomic E-state index is 0.0545. The molecule has 1 heterocycles. The second-order valence-corrected chi connectivity index (χ2v) is 5.95. The summed E-state index contributed by atoms with van der Waals surface area (Å²) in [6.45, 7) is 2.41. The second kappa shape index (κ2) is 6.66. The lowest BCUT2D eigenvalue weighted by Gasteiger charge is -2.37. The summed E-state index contributed by atoms with van der Waals surface area (Å²) in [4.78, 5) is 13.1. The van der Waals surface area contributed by atoms with Gasteiger partial charge in [-0.05, 0) is 36.4 Å². The van der Waals surface area contributed by atoms with E-state index in [1.807, 2.05) is 29.2 Å². The predicted molar refractivity (Wildman–Crippen MR) is 91.0 cm³/mol. The van der Waals surface area contributed by atoms with E-state index in [9.17, 15) is 18.0 Å². The third-order valence-electron chi connectivity index (χ3n) is 4.06. The van der Waals surface area contributed by atoms with Gasteiger partial charge in [0.25, 0.3) is 0 Å². The lowest BCUT2D eigenvalue weighted by atomic mass is 10.1. The molecule has 0 saturated heterocycles. The lowest BCUT2D eigenvalue weighted by molar-refractivity contribution is -0.137. The van der Waals surface area contributed by atoms with Crippen LogP contribution < -0.4 is 15.5 Å². The molecule has 7 heteroatoms. The van der Waals surface area contributed by atoms with E-state index in [0.29, 0.717) is 18.8 Å². The second-order valence-electron chi connectivity index (χ2n) is 5.95. The van der Waals surface area contributed by atoms with Gasteiger partial charge < -0.3 is 15.5 Å². The molecule has 1 atom stereocenters. The van der Waals surface area contributed by atoms with Crippen LogP contribution in [-0.4, -0.2) is 25.0 Å². The van der Waals surface area contributed by atoms with E-state index < -0.39 is 11.7 Å². The van der Waals surface area contributed by atoms with E-state index in [4.69, 9.17) is 0 Å². The molecular formula is C18H18F3N3O. The Morgan fingerprint density at radius 2 is 1.88 bits per heavy atom. The van der Waals surface area contributed by atoms with Gasteiger partial charge in [-0.1, -0.05) is 12.1 Å². The lowest BCUT2D eigenvalue weighted by Crippen LogP contribution is -2.45. The zero-order valence-corrected chi connectivity index (χ0v) is 13.6. The number of hydrogen-bond donors (Lipinski definition) is 2. The Morgan fingerprint density at radius 3 is 2.52 bits per heavy atom. The summed E-state index contributed by atoms with van der Waals surface area (Å²) < 4.78 is 38.3. The van der Waals surface area contributed by atoms with Crippen LogP contribution >= 0.6 is 0 Å². The number of alkyl halides is 3. The highest BCUT2D eigenvalue weighted by atomic mass is 19.4. The first-order valence-electron chi connectivity index (χ1n) is 7.89. The van der Waals surface area contributed by atoms with E-state index in [1.54, 1.807) is 0 Å². The summed E-state index contributed by atoms with van der Waals surface area (Å²) in [5, 5.41) is 6.12. The van der Waals surface area contributed by atoms with Gasteiger partial charge in [0.15, 0.2) is 0 Å². The van der Waals surface area contributed by atoms with E-state index >= 15 is 0 Å². The Bertz CT molecular complexity index is 759. The molecule has 2 N–H and O–H groups in total. The van der Waals surface area contributed by atoms with E-state index in [2.05, 4.69) is 10.6 Å². The maximum absolute atomic E-state index is 12.8. The molecule has 0 unspecified atom stereocenters. The molecule has 0 spiro atoms. The molecule has 0 aliphatic carbocycles. The molecule has 0 radical (unpaired) electrons. The number of anilines is 3. The van der Waals surface area contributed by atoms with Crippen molar-refractivity contribution in [2.24, 2.45) is 0 Å². The molecule has 2 aromatic carbocycles. The number of carbonyl (C=O) groups is 1. The molecule has 0 aromatic heterocycles. The van der Waals surface area contributed by atoms with Crippen molar-refractivity contribution in [3.63, 3.8) is 0 Å². The van der Waals surface area contributed by atoms with Crippen molar-refractivity contribution >= 4 is 23.0 Å². The number of nitrogens with zero attached hydrogens (tertiary/aromatic N) is 1. The summed E-state index contributed by atoms with van der Waals surface area (Å²) in [5.41, 5.74) is 1.77. The van der Waals surface area contributed by atoms with Crippen molar-refractivity contribution in [2.75, 3.05) is 23.3 Å². The first kappa shape index (κ1) is 17.1. The molecule has 2 aromatic rings. The Kier molecular flexibility index (Phi) is 4.57. The average Bonchev–Trinajstić information content (AvgIpc) is 2.58. The maximum atomic E-state index is 12.8. The zero-order chi connectivity index (χ0) is 18.0. The molecule has 132 valence electrons. The topological polar surface area (TPSA) is 44.4 Å². The van der Waals surface area contributed by atoms with Crippen molar-refractivity contribution in [2.45, 2.75) is 19.1 Å². The Morgan fingerprint density at radius 1 is 1.20 bits per heavy atom. The monoisotopic (exact) mass is 349 g/mol. The van der Waals surface area contributed by atoms with Crippen LogP contribution in [0.1, 0.15) is 12.5 Å². The van der Waals surface area contributed by atoms with Crippen LogP contribution in [0.2, 0.25) is 0 Å². The molecule has 25 heavy (non-hydrogen) atoms. The van der Waals surface area contributed by atoms with Crippen molar-refractivity contribution < 1.29 is 18.0 Å². The van der Waals surface area contributed by atoms with Gasteiger partial charge in [0, 0.05) is 25.7 Å². The smallest absolute Gasteiger partial charge is 0.377 e. The van der Waals surface area contributed by atoms with Gasteiger partial charge in [-0.3, -0.25) is 4.79 Å². The van der Waals surface area contributed by atoms with Crippen LogP contribution in [-0.2, 0) is 11.0 Å². The molecule has 4 nitrogen and oxygen atoms in total. The molecule has 0 fully saturated rings. The van der Waals surface area contributed by atoms with Gasteiger partial charge in [0.05, 0.1) is 23.0 Å². The number of amides is 1. The van der Waals surface area contributed by atoms with Crippen LogP contribution in [0.5, 0.6) is 0 Å². The molecule has 3 rings (SSSR count). The Balaban J connectivity index is 1.89. The number of hydrogen-bond acceptors (Lipinski definition) is 3. The van der Waals surface area contributed by atoms with Gasteiger partial charge in [-0.15, -0.1) is 0 Å². The number of benzene rings is 2. The SMILES string of the molecule is CC(=O)NC[C@H]1CN(c2ccc(C(F)(F)F)cc2)c2ccccc2N1. The van der Waals surface area contributed by atoms with Gasteiger partial charge in [-0.2, -0.15) is 13.2 Å². The highest BCUT2D eigenvalue weighted by Gasteiger charge is 2.31. The number of fused-ring (bicyclic) bond motifs is 1. The fourth-order valence-corrected chi connectivity index (χ4v) is 2.87. The number of halogens is 3. The van der Waals surface area contributed by atoms with E-state index in [1.165, 1.54) is 19.1 Å². The maximum Gasteiger partial charge on any atom is 0.416 e. The van der Waals surface area contributed by atoms with Gasteiger partial charge in [-0.25, -0.2) is 0 Å². The fraction of sp³-hybridized carbons (Fsp3) is 0.278. The number of nitrogens with one attached hydrogen (secondary N) is 2. The largest absolute Gasteiger partial charge is 0.416 e. The zero-order valence-electron chi connectivity index (χ0n) is 13.6. The molecule has 0 saturated carbocycles. The molecular weight excluding hydrogens is 331 g/mol. The van der Waals surface area contributed by atoms with Gasteiger partial charge >= 0.3 is 6.18 Å². The van der Waals surface area contributed by atoms with Crippen molar-refractivity contribution in [1.82, 2.24) is 5.32 Å². The van der Waals surface area contributed by atoms with Crippen LogP contribution in [0.25, 0.3) is 0 Å². The van der Waals surface area contributed by atoms with E-state index in [-0.39, 0.29) is 11.9 Å². The third kappa shape index (κ3) is 3.87. The van der Waals surface area contributed by atoms with Crippen molar-refractivity contribution in [1.29, 1.82) is 0 Å². The summed E-state index contributed by atoms with van der Waals surface area (Å²) in [6, 6.07) is 12.7. The normalized spacial score (nSPS) is 16.8. The third-order valence-corrected chi connectivity index (χ3v) is 4.06. The van der Waals surface area contributed by atoms with Crippen LogP contribution in [0.4, 0.5) is 30.2 Å². The van der Waals surface area contributed by atoms with E-state index in [0.717, 1.165) is 23.5 Å². The molecule has 1 aliphatic heterocycles.